The quantitative estimate of drug-likeness (QED) is 0.795. The molecule has 0 spiro atoms. The predicted molar refractivity (Wildman–Crippen MR) is 112 cm³/mol. The van der Waals surface area contributed by atoms with Crippen molar-refractivity contribution < 1.29 is 9.53 Å². The molecule has 0 bridgehead atoms. The first-order valence-electron chi connectivity index (χ1n) is 9.95. The highest BCUT2D eigenvalue weighted by atomic mass is 16.5. The molecule has 1 unspecified atom stereocenters. The van der Waals surface area contributed by atoms with Gasteiger partial charge in [-0.25, -0.2) is 9.97 Å². The zero-order chi connectivity index (χ0) is 21.1. The van der Waals surface area contributed by atoms with Crippen molar-refractivity contribution in [3.8, 4) is 11.9 Å². The fraction of sp³-hybridized carbons (Fsp3) is 0.348. The van der Waals surface area contributed by atoms with Gasteiger partial charge >= 0.3 is 0 Å². The van der Waals surface area contributed by atoms with Crippen molar-refractivity contribution in [2.75, 3.05) is 11.9 Å². The zero-order valence-corrected chi connectivity index (χ0v) is 17.0. The van der Waals surface area contributed by atoms with E-state index in [0.717, 1.165) is 24.2 Å². The smallest absolute Gasteiger partial charge is 0.235 e. The highest BCUT2D eigenvalue weighted by molar-refractivity contribution is 5.94. The molecule has 1 saturated carbocycles. The number of ether oxygens (including phenoxy) is 1. The number of carbonyl (C=O) groups is 1. The zero-order valence-electron chi connectivity index (χ0n) is 17.0. The molecule has 4 rings (SSSR count). The topological polar surface area (TPSA) is 101 Å². The van der Waals surface area contributed by atoms with Gasteiger partial charge in [-0.15, -0.1) is 0 Å². The Bertz CT molecular complexity index is 1050. The van der Waals surface area contributed by atoms with E-state index in [9.17, 15) is 4.79 Å². The molecule has 0 aromatic carbocycles. The van der Waals surface area contributed by atoms with Gasteiger partial charge in [0, 0.05) is 17.5 Å². The summed E-state index contributed by atoms with van der Waals surface area (Å²) < 4.78 is 6.07. The molecule has 0 radical (unpaired) electrons. The van der Waals surface area contributed by atoms with E-state index in [0.29, 0.717) is 23.9 Å². The standard InChI is InChI=1S/C23H23N5O2/c1-15-12-26-22(16(2)27-15)30-14-23(18-6-4-3-5-7-18)10-19(23)21(29)28-20-9-8-17(11-24)13-25-20/h3-6,8-9,12-13,18-19H,7,10,14H2,1-2H3,(H,25,28,29)/t18?,19-,23+/m0/s1. The lowest BCUT2D eigenvalue weighted by atomic mass is 9.82. The van der Waals surface area contributed by atoms with E-state index in [-0.39, 0.29) is 23.2 Å². The third-order valence-corrected chi connectivity index (χ3v) is 5.80. The van der Waals surface area contributed by atoms with Crippen LogP contribution in [0.2, 0.25) is 0 Å². The Balaban J connectivity index is 1.49. The number of amides is 1. The average molecular weight is 401 g/mol. The molecule has 3 atom stereocenters. The minimum absolute atomic E-state index is 0.0783. The number of pyridine rings is 1. The number of aryl methyl sites for hydroxylation is 2. The molecule has 1 amide bonds. The van der Waals surface area contributed by atoms with Crippen molar-refractivity contribution in [1.29, 1.82) is 5.26 Å². The molecule has 2 aromatic rings. The van der Waals surface area contributed by atoms with E-state index in [1.165, 1.54) is 6.20 Å². The first kappa shape index (κ1) is 19.8. The minimum atomic E-state index is -0.295. The lowest BCUT2D eigenvalue weighted by Gasteiger charge is -2.26. The van der Waals surface area contributed by atoms with Crippen LogP contribution in [0.15, 0.2) is 48.8 Å². The second-order valence-corrected chi connectivity index (χ2v) is 7.87. The van der Waals surface area contributed by atoms with Crippen LogP contribution in [0, 0.1) is 42.4 Å². The summed E-state index contributed by atoms with van der Waals surface area (Å²) in [5.41, 5.74) is 1.74. The van der Waals surface area contributed by atoms with E-state index in [1.54, 1.807) is 18.3 Å². The van der Waals surface area contributed by atoms with E-state index < -0.39 is 0 Å². The number of hydrogen-bond acceptors (Lipinski definition) is 6. The van der Waals surface area contributed by atoms with Crippen molar-refractivity contribution in [3.05, 3.63) is 65.8 Å². The summed E-state index contributed by atoms with van der Waals surface area (Å²) in [6, 6.07) is 5.30. The number of nitriles is 1. The molecule has 2 aromatic heterocycles. The maximum atomic E-state index is 13.0. The Hall–Kier alpha value is -3.53. The lowest BCUT2D eigenvalue weighted by molar-refractivity contribution is -0.118. The number of allylic oxidation sites excluding steroid dienone is 4. The van der Waals surface area contributed by atoms with Crippen molar-refractivity contribution >= 4 is 11.7 Å². The van der Waals surface area contributed by atoms with Gasteiger partial charge in [0.05, 0.1) is 29.8 Å². The van der Waals surface area contributed by atoms with Crippen LogP contribution in [-0.2, 0) is 4.79 Å². The molecule has 152 valence electrons. The molecule has 7 nitrogen and oxygen atoms in total. The van der Waals surface area contributed by atoms with Crippen molar-refractivity contribution in [2.45, 2.75) is 26.7 Å². The van der Waals surface area contributed by atoms with E-state index in [2.05, 4.69) is 32.4 Å². The van der Waals surface area contributed by atoms with Crippen LogP contribution in [0.25, 0.3) is 0 Å². The van der Waals surface area contributed by atoms with Gasteiger partial charge in [0.25, 0.3) is 0 Å². The number of rotatable bonds is 6. The Kier molecular flexibility index (Phi) is 5.32. The molecule has 0 saturated heterocycles. The Morgan fingerprint density at radius 1 is 1.30 bits per heavy atom. The summed E-state index contributed by atoms with van der Waals surface area (Å²) in [5, 5.41) is 11.8. The summed E-state index contributed by atoms with van der Waals surface area (Å²) in [6.07, 6.45) is 13.1. The van der Waals surface area contributed by atoms with Gasteiger partial charge in [-0.2, -0.15) is 5.26 Å². The lowest BCUT2D eigenvalue weighted by Crippen LogP contribution is -2.29. The Morgan fingerprint density at radius 3 is 2.83 bits per heavy atom. The highest BCUT2D eigenvalue weighted by Crippen LogP contribution is 2.60. The van der Waals surface area contributed by atoms with E-state index >= 15 is 0 Å². The summed E-state index contributed by atoms with van der Waals surface area (Å²) in [6.45, 7) is 4.16. The molecule has 0 aliphatic heterocycles. The van der Waals surface area contributed by atoms with Crippen LogP contribution in [0.3, 0.4) is 0 Å². The van der Waals surface area contributed by atoms with Crippen molar-refractivity contribution in [1.82, 2.24) is 15.0 Å². The molecule has 7 heteroatoms. The average Bonchev–Trinajstić information content (AvgIpc) is 3.50. The first-order valence-corrected chi connectivity index (χ1v) is 9.95. The molecular formula is C23H23N5O2. The van der Waals surface area contributed by atoms with Crippen LogP contribution in [0.5, 0.6) is 5.88 Å². The van der Waals surface area contributed by atoms with E-state index in [1.807, 2.05) is 32.1 Å². The monoisotopic (exact) mass is 401 g/mol. The Labute approximate surface area is 175 Å². The van der Waals surface area contributed by atoms with Crippen LogP contribution in [-0.4, -0.2) is 27.5 Å². The summed E-state index contributed by atoms with van der Waals surface area (Å²) in [5.74, 6) is 0.904. The van der Waals surface area contributed by atoms with Gasteiger partial charge in [-0.05, 0) is 44.7 Å². The largest absolute Gasteiger partial charge is 0.476 e. The van der Waals surface area contributed by atoms with Crippen LogP contribution in [0.4, 0.5) is 5.82 Å². The SMILES string of the molecule is Cc1cnc(OC[C@@]2(C3C=CC=CC3)C[C@H]2C(=O)Nc2ccc(C#N)cn2)c(C)n1. The summed E-state index contributed by atoms with van der Waals surface area (Å²) in [7, 11) is 0. The van der Waals surface area contributed by atoms with Crippen molar-refractivity contribution in [2.24, 2.45) is 17.3 Å². The first-order chi connectivity index (χ1) is 14.5. The third-order valence-electron chi connectivity index (χ3n) is 5.80. The van der Waals surface area contributed by atoms with Crippen LogP contribution in [0.1, 0.15) is 29.8 Å². The number of hydrogen-bond donors (Lipinski definition) is 1. The second-order valence-electron chi connectivity index (χ2n) is 7.87. The van der Waals surface area contributed by atoms with Gasteiger partial charge in [0.2, 0.25) is 11.8 Å². The normalized spacial score (nSPS) is 24.2. The molecule has 1 fully saturated rings. The number of nitrogens with one attached hydrogen (secondary N) is 1. The summed E-state index contributed by atoms with van der Waals surface area (Å²) >= 11 is 0. The van der Waals surface area contributed by atoms with E-state index in [4.69, 9.17) is 10.00 Å². The number of aromatic nitrogens is 3. The number of carbonyl (C=O) groups excluding carboxylic acids is 1. The van der Waals surface area contributed by atoms with Crippen molar-refractivity contribution in [3.63, 3.8) is 0 Å². The van der Waals surface area contributed by atoms with Gasteiger partial charge in [-0.1, -0.05) is 24.3 Å². The molecular weight excluding hydrogens is 378 g/mol. The number of nitrogens with zero attached hydrogens (tertiary/aromatic N) is 4. The fourth-order valence-electron chi connectivity index (χ4n) is 4.04. The minimum Gasteiger partial charge on any atom is -0.476 e. The van der Waals surface area contributed by atoms with Crippen LogP contribution < -0.4 is 10.1 Å². The second kappa shape index (κ2) is 8.07. The maximum Gasteiger partial charge on any atom is 0.235 e. The molecule has 2 aliphatic rings. The molecule has 30 heavy (non-hydrogen) atoms. The van der Waals surface area contributed by atoms with Gasteiger partial charge in [0.15, 0.2) is 0 Å². The molecule has 2 heterocycles. The van der Waals surface area contributed by atoms with Gasteiger partial charge in [-0.3, -0.25) is 9.78 Å². The van der Waals surface area contributed by atoms with Crippen LogP contribution >= 0.6 is 0 Å². The fourth-order valence-corrected chi connectivity index (χ4v) is 4.04. The number of anilines is 1. The predicted octanol–water partition coefficient (Wildman–Crippen LogP) is 3.52. The third kappa shape index (κ3) is 3.94. The Morgan fingerprint density at radius 2 is 2.17 bits per heavy atom. The maximum absolute atomic E-state index is 13.0. The van der Waals surface area contributed by atoms with Gasteiger partial charge < -0.3 is 10.1 Å². The summed E-state index contributed by atoms with van der Waals surface area (Å²) in [4.78, 5) is 25.9. The van der Waals surface area contributed by atoms with Gasteiger partial charge in [0.1, 0.15) is 11.9 Å². The molecule has 2 aliphatic carbocycles. The highest BCUT2D eigenvalue weighted by Gasteiger charge is 2.62. The molecule has 1 N–H and O–H groups in total.